The molecular weight excluding hydrogens is 538 g/mol. The minimum Gasteiger partial charge on any atom is -0.493 e. The van der Waals surface area contributed by atoms with Crippen molar-refractivity contribution in [1.82, 2.24) is 15.5 Å². The Hall–Kier alpha value is -3.80. The Morgan fingerprint density at radius 2 is 1.79 bits per heavy atom. The molecule has 0 atom stereocenters. The summed E-state index contributed by atoms with van der Waals surface area (Å²) < 4.78 is 22.8. The third kappa shape index (κ3) is 7.62. The average Bonchev–Trinajstić information content (AvgIpc) is 3.42. The molecule has 204 valence electrons. The van der Waals surface area contributed by atoms with Crippen molar-refractivity contribution in [3.05, 3.63) is 83.2 Å². The highest BCUT2D eigenvalue weighted by molar-refractivity contribution is 8.22. The summed E-state index contributed by atoms with van der Waals surface area (Å²) in [6.45, 7) is 2.87. The van der Waals surface area contributed by atoms with E-state index in [4.69, 9.17) is 30.8 Å². The van der Waals surface area contributed by atoms with Crippen LogP contribution in [0.3, 0.4) is 0 Å². The molecule has 2 heterocycles. The fourth-order valence-corrected chi connectivity index (χ4v) is 5.00. The van der Waals surface area contributed by atoms with Crippen LogP contribution in [0.5, 0.6) is 11.5 Å². The van der Waals surface area contributed by atoms with E-state index >= 15 is 0 Å². The molecule has 39 heavy (non-hydrogen) atoms. The number of benzene rings is 2. The average molecular weight is 568 g/mol. The fraction of sp³-hybridized carbons (Fsp3) is 0.250. The molecule has 1 aliphatic heterocycles. The zero-order valence-electron chi connectivity index (χ0n) is 21.6. The predicted octanol–water partition coefficient (Wildman–Crippen LogP) is 4.09. The van der Waals surface area contributed by atoms with Gasteiger partial charge in [-0.3, -0.25) is 9.59 Å². The summed E-state index contributed by atoms with van der Waals surface area (Å²) in [6, 6.07) is 17.5. The maximum absolute atomic E-state index is 13.3. The summed E-state index contributed by atoms with van der Waals surface area (Å²) in [5.41, 5.74) is 1.15. The molecule has 0 bridgehead atoms. The topological polar surface area (TPSA) is 102 Å². The van der Waals surface area contributed by atoms with E-state index in [0.717, 1.165) is 13.1 Å². The number of para-hydroxylation sites is 1. The first-order valence-electron chi connectivity index (χ1n) is 12.2. The molecule has 2 aromatic carbocycles. The van der Waals surface area contributed by atoms with Crippen molar-refractivity contribution in [2.24, 2.45) is 0 Å². The van der Waals surface area contributed by atoms with Crippen LogP contribution in [-0.4, -0.2) is 61.6 Å². The van der Waals surface area contributed by atoms with Crippen LogP contribution in [0.1, 0.15) is 21.7 Å². The third-order valence-electron chi connectivity index (χ3n) is 5.80. The number of carbonyl (C=O) groups is 2. The van der Waals surface area contributed by atoms with Gasteiger partial charge in [0.25, 0.3) is 11.8 Å². The van der Waals surface area contributed by atoms with Crippen LogP contribution in [0.2, 0.25) is 0 Å². The predicted molar refractivity (Wildman–Crippen MR) is 153 cm³/mol. The summed E-state index contributed by atoms with van der Waals surface area (Å²) in [4.78, 5) is 28.2. The molecule has 11 heteroatoms. The minimum atomic E-state index is -0.501. The quantitative estimate of drug-likeness (QED) is 0.225. The fourth-order valence-electron chi connectivity index (χ4n) is 3.81. The molecule has 0 unspecified atom stereocenters. The summed E-state index contributed by atoms with van der Waals surface area (Å²) in [7, 11) is 3.08. The molecule has 2 N–H and O–H groups in total. The summed E-state index contributed by atoms with van der Waals surface area (Å²) in [6.07, 6.45) is 1.49. The number of ether oxygens (including phenoxy) is 3. The molecule has 1 saturated heterocycles. The van der Waals surface area contributed by atoms with Crippen molar-refractivity contribution in [3.63, 3.8) is 0 Å². The lowest BCUT2D eigenvalue weighted by Gasteiger charge is -2.28. The lowest BCUT2D eigenvalue weighted by molar-refractivity contribution is -0.117. The molecule has 0 radical (unpaired) electrons. The zero-order valence-corrected chi connectivity index (χ0v) is 23.2. The van der Waals surface area contributed by atoms with Gasteiger partial charge in [0.1, 0.15) is 15.8 Å². The SMILES string of the molecule is COc1cccc(CNC(=O)/C(=C/c2ccc(SC(=S)N3CCOCC3)o2)NC(=O)c2ccccc2)c1OC. The van der Waals surface area contributed by atoms with Crippen molar-refractivity contribution in [3.8, 4) is 11.5 Å². The van der Waals surface area contributed by atoms with Crippen LogP contribution in [0, 0.1) is 0 Å². The van der Waals surface area contributed by atoms with Gasteiger partial charge in [-0.15, -0.1) is 0 Å². The summed E-state index contributed by atoms with van der Waals surface area (Å²) >= 11 is 6.87. The van der Waals surface area contributed by atoms with Crippen LogP contribution >= 0.6 is 24.0 Å². The Morgan fingerprint density at radius 3 is 2.51 bits per heavy atom. The normalized spacial score (nSPS) is 13.5. The maximum atomic E-state index is 13.3. The zero-order chi connectivity index (χ0) is 27.6. The number of morpholine rings is 1. The van der Waals surface area contributed by atoms with Crippen LogP contribution in [-0.2, 0) is 16.1 Å². The van der Waals surface area contributed by atoms with Crippen molar-refractivity contribution in [2.75, 3.05) is 40.5 Å². The highest BCUT2D eigenvalue weighted by atomic mass is 32.2. The third-order valence-corrected chi connectivity index (χ3v) is 7.16. The van der Waals surface area contributed by atoms with Gasteiger partial charge in [0, 0.05) is 36.8 Å². The number of hydrogen-bond donors (Lipinski definition) is 2. The van der Waals surface area contributed by atoms with Gasteiger partial charge in [0.2, 0.25) is 0 Å². The van der Waals surface area contributed by atoms with E-state index in [1.165, 1.54) is 24.9 Å². The first kappa shape index (κ1) is 28.2. The molecule has 3 aromatic rings. The van der Waals surface area contributed by atoms with Gasteiger partial charge >= 0.3 is 0 Å². The summed E-state index contributed by atoms with van der Waals surface area (Å²) in [5, 5.41) is 6.13. The molecule has 1 aliphatic rings. The van der Waals surface area contributed by atoms with Gasteiger partial charge in [-0.25, -0.2) is 0 Å². The molecule has 2 amide bonds. The van der Waals surface area contributed by atoms with Crippen molar-refractivity contribution in [1.29, 1.82) is 0 Å². The monoisotopic (exact) mass is 567 g/mol. The molecule has 9 nitrogen and oxygen atoms in total. The maximum Gasteiger partial charge on any atom is 0.268 e. The van der Waals surface area contributed by atoms with Crippen molar-refractivity contribution < 1.29 is 28.2 Å². The number of carbonyl (C=O) groups excluding carboxylic acids is 2. The van der Waals surface area contributed by atoms with E-state index < -0.39 is 11.8 Å². The van der Waals surface area contributed by atoms with Crippen molar-refractivity contribution >= 4 is 46.2 Å². The number of rotatable bonds is 9. The second-order valence-electron chi connectivity index (χ2n) is 8.34. The number of methoxy groups -OCH3 is 2. The molecule has 4 rings (SSSR count). The van der Waals surface area contributed by atoms with E-state index in [1.54, 1.807) is 55.6 Å². The second kappa shape index (κ2) is 13.8. The Labute approximate surface area is 236 Å². The Morgan fingerprint density at radius 1 is 1.03 bits per heavy atom. The van der Waals surface area contributed by atoms with E-state index in [9.17, 15) is 9.59 Å². The molecular formula is C28H29N3O6S2. The second-order valence-corrected chi connectivity index (χ2v) is 9.98. The van der Waals surface area contributed by atoms with Gasteiger partial charge in [0.05, 0.1) is 27.4 Å². The highest BCUT2D eigenvalue weighted by Gasteiger charge is 2.19. The highest BCUT2D eigenvalue weighted by Crippen LogP contribution is 2.30. The number of amides is 2. The minimum absolute atomic E-state index is 0.0207. The first-order valence-corrected chi connectivity index (χ1v) is 13.4. The molecule has 0 aliphatic carbocycles. The van der Waals surface area contributed by atoms with E-state index in [-0.39, 0.29) is 12.2 Å². The molecule has 1 aromatic heterocycles. The number of nitrogens with zero attached hydrogens (tertiary/aromatic N) is 1. The van der Waals surface area contributed by atoms with E-state index in [0.29, 0.717) is 51.0 Å². The van der Waals surface area contributed by atoms with Crippen LogP contribution in [0.25, 0.3) is 6.08 Å². The van der Waals surface area contributed by atoms with Gasteiger partial charge in [-0.2, -0.15) is 0 Å². The number of thiocarbonyl (C=S) groups is 1. The number of nitrogens with one attached hydrogen (secondary N) is 2. The van der Waals surface area contributed by atoms with Crippen LogP contribution < -0.4 is 20.1 Å². The number of hydrogen-bond acceptors (Lipinski definition) is 8. The van der Waals surface area contributed by atoms with E-state index in [1.807, 2.05) is 12.1 Å². The van der Waals surface area contributed by atoms with Crippen LogP contribution in [0.15, 0.2) is 75.9 Å². The van der Waals surface area contributed by atoms with Crippen molar-refractivity contribution in [2.45, 2.75) is 11.6 Å². The van der Waals surface area contributed by atoms with Crippen LogP contribution in [0.4, 0.5) is 0 Å². The Balaban J connectivity index is 1.52. The van der Waals surface area contributed by atoms with Gasteiger partial charge in [-0.1, -0.05) is 42.5 Å². The summed E-state index contributed by atoms with van der Waals surface area (Å²) in [5.74, 6) is 0.528. The molecule has 1 fully saturated rings. The number of thioether (sulfide) groups is 1. The lowest BCUT2D eigenvalue weighted by Crippen LogP contribution is -2.38. The van der Waals surface area contributed by atoms with Gasteiger partial charge in [0.15, 0.2) is 16.6 Å². The molecule has 0 saturated carbocycles. The largest absolute Gasteiger partial charge is 0.493 e. The lowest BCUT2D eigenvalue weighted by atomic mass is 10.1. The first-order chi connectivity index (χ1) is 19.0. The smallest absolute Gasteiger partial charge is 0.268 e. The Kier molecular flexibility index (Phi) is 10.0. The van der Waals surface area contributed by atoms with E-state index in [2.05, 4.69) is 15.5 Å². The van der Waals surface area contributed by atoms with Gasteiger partial charge in [-0.05, 0) is 42.1 Å². The number of furan rings is 1. The standard InChI is InChI=1S/C28H29N3O6S2/c1-34-23-10-6-9-20(25(23)35-2)18-29-27(33)22(30-26(32)19-7-4-3-5-8-19)17-21-11-12-24(37-21)39-28(38)31-13-15-36-16-14-31/h3-12,17H,13-16,18H2,1-2H3,(H,29,33)(H,30,32)/b22-17-. The molecule has 0 spiro atoms. The van der Waals surface area contributed by atoms with Gasteiger partial charge < -0.3 is 34.2 Å². The Bertz CT molecular complexity index is 1340.